The molecule has 1 saturated heterocycles. The summed E-state index contributed by atoms with van der Waals surface area (Å²) in [6.45, 7) is 1.38. The zero-order valence-electron chi connectivity index (χ0n) is 10.3. The molecule has 1 aromatic rings. The Morgan fingerprint density at radius 2 is 2.50 bits per heavy atom. The number of carbonyl (C=O) groups is 1. The lowest BCUT2D eigenvalue weighted by Crippen LogP contribution is -2.32. The molecule has 0 spiro atoms. The number of aromatic nitrogens is 3. The fourth-order valence-electron chi connectivity index (χ4n) is 1.67. The minimum absolute atomic E-state index is 0.0305. The summed E-state index contributed by atoms with van der Waals surface area (Å²) in [5.41, 5.74) is 5.55. The number of thioether (sulfide) groups is 1. The lowest BCUT2D eigenvalue weighted by atomic mass is 10.2. The first-order valence-electron chi connectivity index (χ1n) is 5.83. The van der Waals surface area contributed by atoms with Crippen LogP contribution >= 0.6 is 11.8 Å². The number of nitrogens with one attached hydrogen (secondary N) is 1. The number of amides is 1. The minimum Gasteiger partial charge on any atom is -0.376 e. The molecule has 1 fully saturated rings. The Morgan fingerprint density at radius 3 is 3.11 bits per heavy atom. The van der Waals surface area contributed by atoms with E-state index in [-0.39, 0.29) is 12.0 Å². The van der Waals surface area contributed by atoms with Gasteiger partial charge in [-0.05, 0) is 12.8 Å². The summed E-state index contributed by atoms with van der Waals surface area (Å²) < 4.78 is 7.07. The summed E-state index contributed by atoms with van der Waals surface area (Å²) >= 11 is 1.31. The number of carbonyl (C=O) groups excluding carboxylic acids is 1. The Morgan fingerprint density at radius 1 is 1.67 bits per heavy atom. The molecule has 2 heterocycles. The van der Waals surface area contributed by atoms with E-state index in [1.165, 1.54) is 11.8 Å². The van der Waals surface area contributed by atoms with Gasteiger partial charge in [0.05, 0.1) is 11.9 Å². The molecule has 1 aromatic heterocycles. The fraction of sp³-hybridized carbons (Fsp3) is 0.700. The molecule has 2 rings (SSSR count). The van der Waals surface area contributed by atoms with Gasteiger partial charge >= 0.3 is 0 Å². The van der Waals surface area contributed by atoms with E-state index in [2.05, 4.69) is 15.5 Å². The van der Waals surface area contributed by atoms with Gasteiger partial charge in [-0.3, -0.25) is 9.36 Å². The van der Waals surface area contributed by atoms with Crippen LogP contribution in [0.2, 0.25) is 0 Å². The molecule has 18 heavy (non-hydrogen) atoms. The molecule has 0 radical (unpaired) electrons. The Labute approximate surface area is 109 Å². The van der Waals surface area contributed by atoms with Crippen LogP contribution in [0.25, 0.3) is 0 Å². The van der Waals surface area contributed by atoms with Crippen molar-refractivity contribution >= 4 is 23.6 Å². The smallest absolute Gasteiger partial charge is 0.230 e. The highest BCUT2D eigenvalue weighted by molar-refractivity contribution is 7.99. The van der Waals surface area contributed by atoms with E-state index in [4.69, 9.17) is 10.5 Å². The molecule has 1 aliphatic heterocycles. The van der Waals surface area contributed by atoms with Crippen molar-refractivity contribution in [2.45, 2.75) is 24.1 Å². The van der Waals surface area contributed by atoms with Gasteiger partial charge in [0.15, 0.2) is 5.16 Å². The second-order valence-electron chi connectivity index (χ2n) is 4.13. The first-order valence-corrected chi connectivity index (χ1v) is 6.81. The summed E-state index contributed by atoms with van der Waals surface area (Å²) in [5, 5.41) is 11.1. The van der Waals surface area contributed by atoms with Crippen LogP contribution in [0, 0.1) is 0 Å². The first kappa shape index (κ1) is 13.2. The largest absolute Gasteiger partial charge is 0.376 e. The Hall–Kier alpha value is -1.28. The van der Waals surface area contributed by atoms with Crippen LogP contribution in [-0.2, 0) is 16.6 Å². The average Bonchev–Trinajstić information content (AvgIpc) is 2.97. The van der Waals surface area contributed by atoms with Crippen LogP contribution in [0.3, 0.4) is 0 Å². The van der Waals surface area contributed by atoms with Crippen molar-refractivity contribution in [3.05, 3.63) is 0 Å². The fourth-order valence-corrected chi connectivity index (χ4v) is 2.41. The van der Waals surface area contributed by atoms with Gasteiger partial charge in [-0.2, -0.15) is 0 Å². The molecule has 7 nitrogen and oxygen atoms in total. The molecule has 1 aliphatic rings. The van der Waals surface area contributed by atoms with Crippen molar-refractivity contribution in [3.63, 3.8) is 0 Å². The molecule has 0 aromatic carbocycles. The number of nitrogens with zero attached hydrogens (tertiary/aromatic N) is 3. The zero-order valence-corrected chi connectivity index (χ0v) is 11.1. The van der Waals surface area contributed by atoms with Crippen molar-refractivity contribution in [2.24, 2.45) is 7.05 Å². The number of rotatable bonds is 5. The second-order valence-corrected chi connectivity index (χ2v) is 5.07. The predicted octanol–water partition coefficient (Wildman–Crippen LogP) is -0.215. The van der Waals surface area contributed by atoms with Gasteiger partial charge in [0.2, 0.25) is 11.9 Å². The Balaban J connectivity index is 1.69. The summed E-state index contributed by atoms with van der Waals surface area (Å²) in [5.74, 6) is 0.618. The van der Waals surface area contributed by atoms with Crippen LogP contribution in [-0.4, -0.2) is 45.7 Å². The van der Waals surface area contributed by atoms with Crippen molar-refractivity contribution in [1.29, 1.82) is 0 Å². The number of nitrogen functional groups attached to an aromatic ring is 1. The molecule has 0 bridgehead atoms. The van der Waals surface area contributed by atoms with Crippen molar-refractivity contribution in [1.82, 2.24) is 20.1 Å². The average molecular weight is 271 g/mol. The molecule has 0 saturated carbocycles. The first-order chi connectivity index (χ1) is 8.66. The van der Waals surface area contributed by atoms with E-state index in [1.54, 1.807) is 11.6 Å². The third kappa shape index (κ3) is 3.36. The maximum atomic E-state index is 11.6. The number of hydrogen-bond donors (Lipinski definition) is 2. The number of nitrogens with two attached hydrogens (primary N) is 1. The van der Waals surface area contributed by atoms with Gasteiger partial charge in [-0.15, -0.1) is 10.2 Å². The third-order valence-corrected chi connectivity index (χ3v) is 3.77. The van der Waals surface area contributed by atoms with E-state index < -0.39 is 0 Å². The van der Waals surface area contributed by atoms with Crippen LogP contribution < -0.4 is 11.1 Å². The molecule has 3 N–H and O–H groups in total. The van der Waals surface area contributed by atoms with E-state index in [0.29, 0.717) is 23.4 Å². The SMILES string of the molecule is Cn1c(N)nnc1SCC(=O)NCC1CCCO1. The van der Waals surface area contributed by atoms with E-state index in [0.717, 1.165) is 19.4 Å². The Kier molecular flexibility index (Phi) is 4.43. The van der Waals surface area contributed by atoms with Crippen LogP contribution in [0.15, 0.2) is 5.16 Å². The van der Waals surface area contributed by atoms with Crippen molar-refractivity contribution in [3.8, 4) is 0 Å². The molecule has 1 amide bonds. The lowest BCUT2D eigenvalue weighted by molar-refractivity contribution is -0.119. The van der Waals surface area contributed by atoms with Crippen LogP contribution in [0.4, 0.5) is 5.95 Å². The lowest BCUT2D eigenvalue weighted by Gasteiger charge is -2.10. The Bertz CT molecular complexity index is 416. The van der Waals surface area contributed by atoms with Crippen molar-refractivity contribution in [2.75, 3.05) is 24.6 Å². The highest BCUT2D eigenvalue weighted by Crippen LogP contribution is 2.16. The number of hydrogen-bond acceptors (Lipinski definition) is 6. The topological polar surface area (TPSA) is 95.1 Å². The van der Waals surface area contributed by atoms with Gasteiger partial charge in [0.25, 0.3) is 0 Å². The number of ether oxygens (including phenoxy) is 1. The molecular weight excluding hydrogens is 254 g/mol. The zero-order chi connectivity index (χ0) is 13.0. The second kappa shape index (κ2) is 6.05. The van der Waals surface area contributed by atoms with E-state index in [9.17, 15) is 4.79 Å². The highest BCUT2D eigenvalue weighted by Gasteiger charge is 2.16. The number of anilines is 1. The summed E-state index contributed by atoms with van der Waals surface area (Å²) in [6.07, 6.45) is 2.27. The molecule has 0 aliphatic carbocycles. The molecule has 8 heteroatoms. The standard InChI is InChI=1S/C10H17N5O2S/c1-15-9(11)13-14-10(15)18-6-8(16)12-5-7-3-2-4-17-7/h7H,2-6H2,1H3,(H2,11,13)(H,12,16). The molecule has 100 valence electrons. The van der Waals surface area contributed by atoms with E-state index in [1.807, 2.05) is 0 Å². The predicted molar refractivity (Wildman–Crippen MR) is 68.1 cm³/mol. The van der Waals surface area contributed by atoms with E-state index >= 15 is 0 Å². The quantitative estimate of drug-likeness (QED) is 0.719. The highest BCUT2D eigenvalue weighted by atomic mass is 32.2. The molecular formula is C10H17N5O2S. The van der Waals surface area contributed by atoms with Crippen LogP contribution in [0.1, 0.15) is 12.8 Å². The minimum atomic E-state index is -0.0305. The van der Waals surface area contributed by atoms with Gasteiger partial charge < -0.3 is 15.8 Å². The molecule has 1 unspecified atom stereocenters. The third-order valence-electron chi connectivity index (χ3n) is 2.75. The van der Waals surface area contributed by atoms with Gasteiger partial charge in [-0.25, -0.2) is 0 Å². The maximum Gasteiger partial charge on any atom is 0.230 e. The summed E-state index contributed by atoms with van der Waals surface area (Å²) in [6, 6.07) is 0. The summed E-state index contributed by atoms with van der Waals surface area (Å²) in [4.78, 5) is 11.6. The monoisotopic (exact) mass is 271 g/mol. The summed E-state index contributed by atoms with van der Waals surface area (Å²) in [7, 11) is 1.77. The van der Waals surface area contributed by atoms with Gasteiger partial charge in [0.1, 0.15) is 0 Å². The van der Waals surface area contributed by atoms with Gasteiger partial charge in [-0.1, -0.05) is 11.8 Å². The maximum absolute atomic E-state index is 11.6. The van der Waals surface area contributed by atoms with Crippen molar-refractivity contribution < 1.29 is 9.53 Å². The van der Waals surface area contributed by atoms with Crippen LogP contribution in [0.5, 0.6) is 0 Å². The van der Waals surface area contributed by atoms with Gasteiger partial charge in [0, 0.05) is 20.2 Å². The normalized spacial score (nSPS) is 19.1. The molecule has 1 atom stereocenters.